The summed E-state index contributed by atoms with van der Waals surface area (Å²) in [6.45, 7) is 3.59. The molecule has 1 N–H and O–H groups in total. The zero-order chi connectivity index (χ0) is 17.1. The zero-order valence-corrected chi connectivity index (χ0v) is 14.1. The van der Waals surface area contributed by atoms with Crippen LogP contribution in [0.2, 0.25) is 0 Å². The first-order valence-electron chi connectivity index (χ1n) is 8.64. The molecular weight excluding hydrogens is 314 g/mol. The van der Waals surface area contributed by atoms with Gasteiger partial charge in [0, 0.05) is 38.4 Å². The summed E-state index contributed by atoms with van der Waals surface area (Å²) in [6.07, 6.45) is 5.76. The van der Waals surface area contributed by atoms with Gasteiger partial charge in [0.2, 0.25) is 0 Å². The summed E-state index contributed by atoms with van der Waals surface area (Å²) in [4.78, 5) is 10.9. The van der Waals surface area contributed by atoms with Crippen molar-refractivity contribution >= 4 is 5.82 Å². The Morgan fingerprint density at radius 3 is 3.16 bits per heavy atom. The first-order chi connectivity index (χ1) is 12.2. The smallest absolute Gasteiger partial charge is 0.142 e. The highest BCUT2D eigenvalue weighted by molar-refractivity contribution is 5.39. The Morgan fingerprint density at radius 2 is 2.32 bits per heavy atom. The number of likely N-dealkylation sites (tertiary alicyclic amines) is 1. The van der Waals surface area contributed by atoms with E-state index in [1.165, 1.54) is 5.56 Å². The molecule has 0 radical (unpaired) electrons. The standard InChI is InChI=1S/C19H21N5O/c20-10-16-4-1-5-18(22-16)23-17-9-19(25-13-17)6-8-24(14-19)12-15-3-2-7-21-11-15/h1-5,7,11,17H,6,8-9,12-14H2,(H,22,23)/t17-,19-/m1/s1. The van der Waals surface area contributed by atoms with Crippen molar-refractivity contribution < 1.29 is 4.74 Å². The summed E-state index contributed by atoms with van der Waals surface area (Å²) in [5, 5.41) is 12.4. The lowest BCUT2D eigenvalue weighted by atomic mass is 9.97. The Kier molecular flexibility index (Phi) is 4.35. The molecule has 2 atom stereocenters. The number of rotatable bonds is 4. The highest BCUT2D eigenvalue weighted by Crippen LogP contribution is 2.36. The third kappa shape index (κ3) is 3.63. The van der Waals surface area contributed by atoms with E-state index < -0.39 is 0 Å². The van der Waals surface area contributed by atoms with Crippen LogP contribution in [0.25, 0.3) is 0 Å². The fourth-order valence-corrected chi connectivity index (χ4v) is 3.82. The van der Waals surface area contributed by atoms with Gasteiger partial charge in [-0.15, -0.1) is 0 Å². The lowest BCUT2D eigenvalue weighted by Gasteiger charge is -2.23. The first kappa shape index (κ1) is 16.0. The minimum absolute atomic E-state index is 0.0628. The van der Waals surface area contributed by atoms with Gasteiger partial charge in [0.05, 0.1) is 18.2 Å². The number of hydrogen-bond donors (Lipinski definition) is 1. The van der Waals surface area contributed by atoms with E-state index in [-0.39, 0.29) is 11.6 Å². The fourth-order valence-electron chi connectivity index (χ4n) is 3.82. The van der Waals surface area contributed by atoms with Crippen LogP contribution in [0.5, 0.6) is 0 Å². The Balaban J connectivity index is 1.35. The van der Waals surface area contributed by atoms with Crippen molar-refractivity contribution in [1.29, 1.82) is 5.26 Å². The van der Waals surface area contributed by atoms with E-state index in [0.29, 0.717) is 12.3 Å². The van der Waals surface area contributed by atoms with Crippen molar-refractivity contribution in [2.75, 3.05) is 25.0 Å². The zero-order valence-electron chi connectivity index (χ0n) is 14.1. The van der Waals surface area contributed by atoms with Gasteiger partial charge in [-0.25, -0.2) is 4.98 Å². The molecule has 6 heteroatoms. The highest BCUT2D eigenvalue weighted by Gasteiger charge is 2.45. The van der Waals surface area contributed by atoms with Crippen molar-refractivity contribution in [3.05, 3.63) is 54.0 Å². The Labute approximate surface area is 147 Å². The lowest BCUT2D eigenvalue weighted by Crippen LogP contribution is -2.33. The summed E-state index contributed by atoms with van der Waals surface area (Å²) in [7, 11) is 0. The van der Waals surface area contributed by atoms with Crippen LogP contribution in [-0.2, 0) is 11.3 Å². The number of aromatic nitrogens is 2. The summed E-state index contributed by atoms with van der Waals surface area (Å²) in [5.74, 6) is 0.745. The molecule has 25 heavy (non-hydrogen) atoms. The number of nitrogens with zero attached hydrogens (tertiary/aromatic N) is 4. The maximum atomic E-state index is 8.97. The van der Waals surface area contributed by atoms with Crippen molar-refractivity contribution in [3.8, 4) is 6.07 Å². The molecule has 128 valence electrons. The molecule has 0 aliphatic carbocycles. The van der Waals surface area contributed by atoms with Crippen LogP contribution in [0.3, 0.4) is 0 Å². The predicted molar refractivity (Wildman–Crippen MR) is 93.8 cm³/mol. The van der Waals surface area contributed by atoms with Gasteiger partial charge < -0.3 is 10.1 Å². The Morgan fingerprint density at radius 1 is 1.36 bits per heavy atom. The summed E-state index contributed by atoms with van der Waals surface area (Å²) >= 11 is 0. The molecule has 0 unspecified atom stereocenters. The molecule has 2 aliphatic heterocycles. The molecule has 2 fully saturated rings. The normalized spacial score (nSPS) is 26.0. The second-order valence-corrected chi connectivity index (χ2v) is 6.88. The number of nitrogens with one attached hydrogen (secondary N) is 1. The van der Waals surface area contributed by atoms with E-state index in [1.54, 1.807) is 12.3 Å². The molecule has 6 nitrogen and oxygen atoms in total. The minimum atomic E-state index is -0.0628. The van der Waals surface area contributed by atoms with Crippen molar-refractivity contribution in [1.82, 2.24) is 14.9 Å². The predicted octanol–water partition coefficient (Wildman–Crippen LogP) is 2.19. The molecule has 0 aromatic carbocycles. The molecule has 2 aromatic rings. The quantitative estimate of drug-likeness (QED) is 0.923. The van der Waals surface area contributed by atoms with E-state index in [0.717, 1.165) is 38.3 Å². The molecule has 0 bridgehead atoms. The van der Waals surface area contributed by atoms with Gasteiger partial charge in [-0.05, 0) is 30.2 Å². The number of nitriles is 1. The van der Waals surface area contributed by atoms with Crippen LogP contribution >= 0.6 is 0 Å². The molecule has 4 heterocycles. The monoisotopic (exact) mass is 335 g/mol. The lowest BCUT2D eigenvalue weighted by molar-refractivity contribution is 0.0120. The maximum absolute atomic E-state index is 8.97. The van der Waals surface area contributed by atoms with E-state index in [1.807, 2.05) is 24.4 Å². The van der Waals surface area contributed by atoms with E-state index in [4.69, 9.17) is 10.00 Å². The van der Waals surface area contributed by atoms with Crippen LogP contribution in [0.15, 0.2) is 42.7 Å². The average Bonchev–Trinajstić information content (AvgIpc) is 3.22. The topological polar surface area (TPSA) is 74.1 Å². The Bertz CT molecular complexity index is 775. The van der Waals surface area contributed by atoms with Crippen molar-refractivity contribution in [2.24, 2.45) is 0 Å². The van der Waals surface area contributed by atoms with Gasteiger partial charge in [0.25, 0.3) is 0 Å². The fraction of sp³-hybridized carbons (Fsp3) is 0.421. The van der Waals surface area contributed by atoms with E-state index in [2.05, 4.69) is 32.3 Å². The number of hydrogen-bond acceptors (Lipinski definition) is 6. The molecule has 0 amide bonds. The number of ether oxygens (including phenoxy) is 1. The van der Waals surface area contributed by atoms with Gasteiger partial charge >= 0.3 is 0 Å². The van der Waals surface area contributed by atoms with Gasteiger partial charge in [-0.3, -0.25) is 9.88 Å². The van der Waals surface area contributed by atoms with Crippen molar-refractivity contribution in [3.63, 3.8) is 0 Å². The van der Waals surface area contributed by atoms with Crippen molar-refractivity contribution in [2.45, 2.75) is 31.0 Å². The molecule has 2 saturated heterocycles. The van der Waals surface area contributed by atoms with Gasteiger partial charge in [-0.2, -0.15) is 5.26 Å². The van der Waals surface area contributed by atoms with Gasteiger partial charge in [0.15, 0.2) is 0 Å². The molecular formula is C19H21N5O. The second kappa shape index (κ2) is 6.79. The third-order valence-corrected chi connectivity index (χ3v) is 4.95. The van der Waals surface area contributed by atoms with Crippen LogP contribution < -0.4 is 5.32 Å². The Hall–Kier alpha value is -2.49. The second-order valence-electron chi connectivity index (χ2n) is 6.88. The van der Waals surface area contributed by atoms with E-state index >= 15 is 0 Å². The minimum Gasteiger partial charge on any atom is -0.371 e. The molecule has 0 saturated carbocycles. The van der Waals surface area contributed by atoms with Crippen LogP contribution in [-0.4, -0.2) is 46.2 Å². The molecule has 1 spiro atoms. The molecule has 2 aliphatic rings. The SMILES string of the molecule is N#Cc1cccc(N[C@H]2CO[C@]3(CCN(Cc4cccnc4)C3)C2)n1. The molecule has 4 rings (SSSR count). The van der Waals surface area contributed by atoms with Gasteiger partial charge in [0.1, 0.15) is 17.6 Å². The number of pyridine rings is 2. The third-order valence-electron chi connectivity index (χ3n) is 4.95. The summed E-state index contributed by atoms with van der Waals surface area (Å²) in [5.41, 5.74) is 1.61. The summed E-state index contributed by atoms with van der Waals surface area (Å²) in [6, 6.07) is 11.9. The van der Waals surface area contributed by atoms with Crippen LogP contribution in [0.1, 0.15) is 24.1 Å². The number of anilines is 1. The summed E-state index contributed by atoms with van der Waals surface area (Å²) < 4.78 is 6.20. The molecule has 2 aromatic heterocycles. The average molecular weight is 335 g/mol. The van der Waals surface area contributed by atoms with Crippen LogP contribution in [0, 0.1) is 11.3 Å². The van der Waals surface area contributed by atoms with Gasteiger partial charge in [-0.1, -0.05) is 12.1 Å². The first-order valence-corrected chi connectivity index (χ1v) is 8.64. The van der Waals surface area contributed by atoms with E-state index in [9.17, 15) is 0 Å². The maximum Gasteiger partial charge on any atom is 0.142 e. The largest absolute Gasteiger partial charge is 0.371 e. The highest BCUT2D eigenvalue weighted by atomic mass is 16.5. The van der Waals surface area contributed by atoms with Crippen LogP contribution in [0.4, 0.5) is 5.82 Å².